The number of rotatable bonds is 6. The molecule has 3 rings (SSSR count). The molecular formula is C18H25N5O2S. The van der Waals surface area contributed by atoms with Crippen molar-refractivity contribution in [3.05, 3.63) is 42.6 Å². The van der Waals surface area contributed by atoms with Gasteiger partial charge < -0.3 is 10.2 Å². The quantitative estimate of drug-likeness (QED) is 0.811. The van der Waals surface area contributed by atoms with Crippen LogP contribution in [0.3, 0.4) is 0 Å². The third-order valence-electron chi connectivity index (χ3n) is 4.35. The lowest BCUT2D eigenvalue weighted by molar-refractivity contribution is 0.526. The summed E-state index contributed by atoms with van der Waals surface area (Å²) in [6.45, 7) is 2.25. The van der Waals surface area contributed by atoms with Crippen LogP contribution < -0.4 is 14.9 Å². The molecule has 2 N–H and O–H groups in total. The normalized spacial score (nSPS) is 15.1. The third kappa shape index (κ3) is 4.64. The molecule has 1 aliphatic heterocycles. The van der Waals surface area contributed by atoms with Crippen LogP contribution in [0.15, 0.2) is 42.6 Å². The number of nitrogens with zero attached hydrogens (tertiary/aromatic N) is 3. The number of hydrogen-bond acceptors (Lipinski definition) is 5. The monoisotopic (exact) mass is 375 g/mol. The number of anilines is 4. The van der Waals surface area contributed by atoms with Crippen molar-refractivity contribution in [1.82, 2.24) is 9.29 Å². The highest BCUT2D eigenvalue weighted by Crippen LogP contribution is 2.24. The van der Waals surface area contributed by atoms with Gasteiger partial charge in [-0.05, 0) is 55.7 Å². The van der Waals surface area contributed by atoms with E-state index in [1.807, 2.05) is 12.1 Å². The van der Waals surface area contributed by atoms with Crippen LogP contribution in [-0.4, -0.2) is 44.9 Å². The zero-order valence-corrected chi connectivity index (χ0v) is 16.0. The Kier molecular flexibility index (Phi) is 5.63. The average Bonchev–Trinajstić information content (AvgIpc) is 2.64. The van der Waals surface area contributed by atoms with Crippen LogP contribution in [0.5, 0.6) is 0 Å². The second kappa shape index (κ2) is 7.92. The topological polar surface area (TPSA) is 77.6 Å². The van der Waals surface area contributed by atoms with E-state index in [1.165, 1.54) is 39.0 Å². The van der Waals surface area contributed by atoms with Crippen LogP contribution in [0.2, 0.25) is 0 Å². The van der Waals surface area contributed by atoms with Gasteiger partial charge in [-0.25, -0.2) is 4.98 Å². The zero-order chi connectivity index (χ0) is 18.6. The van der Waals surface area contributed by atoms with Crippen LogP contribution in [0, 0.1) is 0 Å². The standard InChI is InChI=1S/C18H25N5O2S/c1-22(2)26(24,25)21-18-11-8-16(14-19-18)20-15-6-9-17(10-7-15)23-12-4-3-5-13-23/h6-11,14,20H,3-5,12-13H2,1-2H3,(H,19,21). The van der Waals surface area contributed by atoms with E-state index in [4.69, 9.17) is 0 Å². The fourth-order valence-electron chi connectivity index (χ4n) is 2.83. The van der Waals surface area contributed by atoms with Gasteiger partial charge in [0.05, 0.1) is 11.9 Å². The molecule has 2 heterocycles. The van der Waals surface area contributed by atoms with Gasteiger partial charge in [0.2, 0.25) is 0 Å². The average molecular weight is 375 g/mol. The molecule has 0 radical (unpaired) electrons. The van der Waals surface area contributed by atoms with Gasteiger partial charge in [0.25, 0.3) is 0 Å². The molecule has 1 aromatic heterocycles. The smallest absolute Gasteiger partial charge is 0.302 e. The Morgan fingerprint density at radius 3 is 2.19 bits per heavy atom. The molecule has 0 spiro atoms. The van der Waals surface area contributed by atoms with E-state index in [0.29, 0.717) is 0 Å². The van der Waals surface area contributed by atoms with Gasteiger partial charge in [-0.15, -0.1) is 0 Å². The summed E-state index contributed by atoms with van der Waals surface area (Å²) < 4.78 is 27.1. The number of hydrogen-bond donors (Lipinski definition) is 2. The Morgan fingerprint density at radius 2 is 1.62 bits per heavy atom. The summed E-state index contributed by atoms with van der Waals surface area (Å²) in [5.74, 6) is 0.282. The lowest BCUT2D eigenvalue weighted by Gasteiger charge is -2.28. The van der Waals surface area contributed by atoms with Gasteiger partial charge >= 0.3 is 10.2 Å². The van der Waals surface area contributed by atoms with Crippen LogP contribution >= 0.6 is 0 Å². The summed E-state index contributed by atoms with van der Waals surface area (Å²) >= 11 is 0. The van der Waals surface area contributed by atoms with Gasteiger partial charge in [0.1, 0.15) is 5.82 Å². The van der Waals surface area contributed by atoms with Gasteiger partial charge in [-0.3, -0.25) is 4.72 Å². The Labute approximate surface area is 155 Å². The molecule has 0 saturated carbocycles. The SMILES string of the molecule is CN(C)S(=O)(=O)Nc1ccc(Nc2ccc(N3CCCCC3)cc2)cn1. The van der Waals surface area contributed by atoms with Crippen molar-refractivity contribution in [2.24, 2.45) is 0 Å². The van der Waals surface area contributed by atoms with Crippen molar-refractivity contribution in [1.29, 1.82) is 0 Å². The number of pyridine rings is 1. The second-order valence-electron chi connectivity index (χ2n) is 6.54. The summed E-state index contributed by atoms with van der Waals surface area (Å²) in [6, 6.07) is 11.8. The first kappa shape index (κ1) is 18.5. The maximum Gasteiger partial charge on any atom is 0.302 e. The molecule has 0 bridgehead atoms. The first-order valence-corrected chi connectivity index (χ1v) is 10.2. The van der Waals surface area contributed by atoms with Crippen LogP contribution in [0.4, 0.5) is 22.9 Å². The van der Waals surface area contributed by atoms with Crippen molar-refractivity contribution in [2.45, 2.75) is 19.3 Å². The number of aromatic nitrogens is 1. The first-order chi connectivity index (χ1) is 12.4. The van der Waals surface area contributed by atoms with Crippen molar-refractivity contribution in [2.75, 3.05) is 42.1 Å². The van der Waals surface area contributed by atoms with E-state index in [9.17, 15) is 8.42 Å². The molecule has 1 fully saturated rings. The minimum absolute atomic E-state index is 0.282. The van der Waals surface area contributed by atoms with Gasteiger partial charge in [0.15, 0.2) is 0 Å². The maximum atomic E-state index is 11.8. The number of nitrogens with one attached hydrogen (secondary N) is 2. The highest BCUT2D eigenvalue weighted by Gasteiger charge is 2.13. The fraction of sp³-hybridized carbons (Fsp3) is 0.389. The van der Waals surface area contributed by atoms with Crippen LogP contribution in [0.25, 0.3) is 0 Å². The largest absolute Gasteiger partial charge is 0.372 e. The molecule has 1 aliphatic rings. The predicted molar refractivity (Wildman–Crippen MR) is 106 cm³/mol. The minimum Gasteiger partial charge on any atom is -0.372 e. The number of piperidine rings is 1. The summed E-state index contributed by atoms with van der Waals surface area (Å²) in [4.78, 5) is 6.56. The highest BCUT2D eigenvalue weighted by molar-refractivity contribution is 7.90. The van der Waals surface area contributed by atoms with E-state index in [1.54, 1.807) is 18.3 Å². The van der Waals surface area contributed by atoms with Crippen LogP contribution in [0.1, 0.15) is 19.3 Å². The second-order valence-corrected chi connectivity index (χ2v) is 8.43. The Balaban J connectivity index is 1.62. The van der Waals surface area contributed by atoms with E-state index >= 15 is 0 Å². The van der Waals surface area contributed by atoms with E-state index < -0.39 is 10.2 Å². The van der Waals surface area contributed by atoms with Gasteiger partial charge in [-0.2, -0.15) is 12.7 Å². The van der Waals surface area contributed by atoms with Crippen molar-refractivity contribution in [3.8, 4) is 0 Å². The molecule has 140 valence electrons. The first-order valence-electron chi connectivity index (χ1n) is 8.72. The zero-order valence-electron chi connectivity index (χ0n) is 15.1. The molecule has 0 amide bonds. The highest BCUT2D eigenvalue weighted by atomic mass is 32.2. The maximum absolute atomic E-state index is 11.8. The lowest BCUT2D eigenvalue weighted by atomic mass is 10.1. The fourth-order valence-corrected chi connectivity index (χ4v) is 3.39. The molecule has 26 heavy (non-hydrogen) atoms. The minimum atomic E-state index is -3.54. The molecule has 1 aromatic carbocycles. The van der Waals surface area contributed by atoms with Gasteiger partial charge in [0, 0.05) is 38.6 Å². The summed E-state index contributed by atoms with van der Waals surface area (Å²) in [5.41, 5.74) is 3.01. The van der Waals surface area contributed by atoms with E-state index in [0.717, 1.165) is 28.8 Å². The molecule has 7 nitrogen and oxygen atoms in total. The van der Waals surface area contributed by atoms with Crippen molar-refractivity contribution in [3.63, 3.8) is 0 Å². The molecule has 1 saturated heterocycles. The van der Waals surface area contributed by atoms with Crippen molar-refractivity contribution < 1.29 is 8.42 Å². The van der Waals surface area contributed by atoms with E-state index in [2.05, 4.69) is 32.1 Å². The predicted octanol–water partition coefficient (Wildman–Crippen LogP) is 3.03. The summed E-state index contributed by atoms with van der Waals surface area (Å²) in [6.07, 6.45) is 5.45. The van der Waals surface area contributed by atoms with Crippen molar-refractivity contribution >= 4 is 33.1 Å². The molecule has 8 heteroatoms. The molecule has 0 aliphatic carbocycles. The Hall–Kier alpha value is -2.32. The molecule has 0 unspecified atom stereocenters. The van der Waals surface area contributed by atoms with Gasteiger partial charge in [-0.1, -0.05) is 0 Å². The Bertz CT molecular complexity index is 814. The molecular weight excluding hydrogens is 350 g/mol. The lowest BCUT2D eigenvalue weighted by Crippen LogP contribution is -2.29. The summed E-state index contributed by atoms with van der Waals surface area (Å²) in [7, 11) is -0.615. The summed E-state index contributed by atoms with van der Waals surface area (Å²) in [5, 5.41) is 3.28. The molecule has 0 atom stereocenters. The van der Waals surface area contributed by atoms with E-state index in [-0.39, 0.29) is 5.82 Å². The molecule has 2 aromatic rings. The Morgan fingerprint density at radius 1 is 0.962 bits per heavy atom. The number of benzene rings is 1. The van der Waals surface area contributed by atoms with Crippen LogP contribution in [-0.2, 0) is 10.2 Å². The third-order valence-corrected chi connectivity index (χ3v) is 5.78.